The van der Waals surface area contributed by atoms with Crippen molar-refractivity contribution < 1.29 is 0 Å². The number of halogens is 1. The molecule has 16 heavy (non-hydrogen) atoms. The molecule has 0 atom stereocenters. The van der Waals surface area contributed by atoms with Crippen LogP contribution in [0.1, 0.15) is 5.56 Å². The van der Waals surface area contributed by atoms with Crippen LogP contribution in [-0.4, -0.2) is 4.98 Å². The third kappa shape index (κ3) is 2.87. The van der Waals surface area contributed by atoms with Crippen LogP contribution in [0.3, 0.4) is 0 Å². The van der Waals surface area contributed by atoms with Crippen molar-refractivity contribution in [2.24, 2.45) is 0 Å². The number of benzene rings is 1. The van der Waals surface area contributed by atoms with Crippen molar-refractivity contribution in [3.8, 4) is 0 Å². The highest BCUT2D eigenvalue weighted by atomic mass is 35.5. The van der Waals surface area contributed by atoms with Gasteiger partial charge in [-0.15, -0.1) is 0 Å². The average Bonchev–Trinajstić information content (AvgIpc) is 2.28. The molecule has 1 aromatic carbocycles. The molecule has 2 aromatic rings. The Labute approximate surface area is 99.3 Å². The SMILES string of the molecule is Nc1ccc(NCc2cccc(Cl)c2)cn1. The second-order valence-corrected chi connectivity index (χ2v) is 3.89. The van der Waals surface area contributed by atoms with Crippen molar-refractivity contribution in [2.75, 3.05) is 11.1 Å². The van der Waals surface area contributed by atoms with Crippen molar-refractivity contribution in [2.45, 2.75) is 6.54 Å². The van der Waals surface area contributed by atoms with Crippen LogP contribution in [0, 0.1) is 0 Å². The van der Waals surface area contributed by atoms with Gasteiger partial charge in [0.05, 0.1) is 11.9 Å². The minimum atomic E-state index is 0.522. The molecule has 82 valence electrons. The Morgan fingerprint density at radius 1 is 1.25 bits per heavy atom. The molecule has 0 spiro atoms. The minimum absolute atomic E-state index is 0.522. The van der Waals surface area contributed by atoms with Gasteiger partial charge >= 0.3 is 0 Å². The van der Waals surface area contributed by atoms with Crippen LogP contribution < -0.4 is 11.1 Å². The topological polar surface area (TPSA) is 50.9 Å². The second-order valence-electron chi connectivity index (χ2n) is 3.46. The second kappa shape index (κ2) is 4.86. The lowest BCUT2D eigenvalue weighted by Crippen LogP contribution is -2.00. The summed E-state index contributed by atoms with van der Waals surface area (Å²) in [6, 6.07) is 11.4. The molecule has 0 amide bonds. The van der Waals surface area contributed by atoms with E-state index in [1.165, 1.54) is 0 Å². The summed E-state index contributed by atoms with van der Waals surface area (Å²) in [7, 11) is 0. The van der Waals surface area contributed by atoms with E-state index in [1.807, 2.05) is 30.3 Å². The number of anilines is 2. The van der Waals surface area contributed by atoms with Gasteiger partial charge in [-0.3, -0.25) is 0 Å². The number of aromatic nitrogens is 1. The first kappa shape index (κ1) is 10.8. The fourth-order valence-electron chi connectivity index (χ4n) is 1.36. The first-order valence-electron chi connectivity index (χ1n) is 4.94. The van der Waals surface area contributed by atoms with E-state index in [4.69, 9.17) is 17.3 Å². The Bertz CT molecular complexity index is 468. The Morgan fingerprint density at radius 2 is 2.12 bits per heavy atom. The van der Waals surface area contributed by atoms with E-state index in [2.05, 4.69) is 10.3 Å². The van der Waals surface area contributed by atoms with Gasteiger partial charge < -0.3 is 11.1 Å². The molecule has 2 rings (SSSR count). The van der Waals surface area contributed by atoms with E-state index in [0.29, 0.717) is 12.4 Å². The Balaban J connectivity index is 1.99. The summed E-state index contributed by atoms with van der Waals surface area (Å²) in [5, 5.41) is 3.98. The number of pyridine rings is 1. The largest absolute Gasteiger partial charge is 0.384 e. The summed E-state index contributed by atoms with van der Waals surface area (Å²) >= 11 is 5.89. The normalized spacial score (nSPS) is 10.1. The van der Waals surface area contributed by atoms with Gasteiger partial charge in [-0.05, 0) is 29.8 Å². The molecule has 0 unspecified atom stereocenters. The molecule has 0 saturated heterocycles. The quantitative estimate of drug-likeness (QED) is 0.857. The number of hydrogen-bond donors (Lipinski definition) is 2. The average molecular weight is 234 g/mol. The van der Waals surface area contributed by atoms with E-state index in [9.17, 15) is 0 Å². The molecule has 3 N–H and O–H groups in total. The Kier molecular flexibility index (Phi) is 3.27. The van der Waals surface area contributed by atoms with Crippen molar-refractivity contribution in [1.82, 2.24) is 4.98 Å². The number of nitrogens with one attached hydrogen (secondary N) is 1. The molecule has 0 fully saturated rings. The molecule has 0 radical (unpaired) electrons. The highest BCUT2D eigenvalue weighted by molar-refractivity contribution is 6.30. The first-order chi connectivity index (χ1) is 7.74. The van der Waals surface area contributed by atoms with Crippen molar-refractivity contribution in [3.63, 3.8) is 0 Å². The molecule has 0 aliphatic heterocycles. The number of rotatable bonds is 3. The van der Waals surface area contributed by atoms with Gasteiger partial charge in [0.1, 0.15) is 5.82 Å². The van der Waals surface area contributed by atoms with Crippen LogP contribution in [0.15, 0.2) is 42.6 Å². The van der Waals surface area contributed by atoms with E-state index < -0.39 is 0 Å². The lowest BCUT2D eigenvalue weighted by atomic mass is 10.2. The molecule has 3 nitrogen and oxygen atoms in total. The monoisotopic (exact) mass is 233 g/mol. The molecule has 1 aromatic heterocycles. The maximum absolute atomic E-state index is 5.89. The molecular weight excluding hydrogens is 222 g/mol. The van der Waals surface area contributed by atoms with Crippen molar-refractivity contribution >= 4 is 23.1 Å². The van der Waals surface area contributed by atoms with E-state index in [-0.39, 0.29) is 0 Å². The van der Waals surface area contributed by atoms with Crippen molar-refractivity contribution in [3.05, 3.63) is 53.2 Å². The zero-order valence-corrected chi connectivity index (χ0v) is 9.41. The molecule has 4 heteroatoms. The lowest BCUT2D eigenvalue weighted by Gasteiger charge is -2.06. The molecular formula is C12H12ClN3. The number of nitrogen functional groups attached to an aromatic ring is 1. The number of nitrogens with zero attached hydrogens (tertiary/aromatic N) is 1. The van der Waals surface area contributed by atoms with Gasteiger partial charge in [0.25, 0.3) is 0 Å². The Morgan fingerprint density at radius 3 is 2.81 bits per heavy atom. The molecule has 1 heterocycles. The third-order valence-electron chi connectivity index (χ3n) is 2.17. The summed E-state index contributed by atoms with van der Waals surface area (Å²) in [6.07, 6.45) is 1.71. The van der Waals surface area contributed by atoms with E-state index in [1.54, 1.807) is 12.3 Å². The maximum atomic E-state index is 5.89. The third-order valence-corrected chi connectivity index (χ3v) is 2.41. The lowest BCUT2D eigenvalue weighted by molar-refractivity contribution is 1.14. The molecule has 0 saturated carbocycles. The summed E-state index contributed by atoms with van der Waals surface area (Å²) in [5.41, 5.74) is 7.57. The fourth-order valence-corrected chi connectivity index (χ4v) is 1.57. The highest BCUT2D eigenvalue weighted by Crippen LogP contribution is 2.13. The molecule has 0 bridgehead atoms. The van der Waals surface area contributed by atoms with Crippen LogP contribution >= 0.6 is 11.6 Å². The summed E-state index contributed by atoms with van der Waals surface area (Å²) in [5.74, 6) is 0.522. The maximum Gasteiger partial charge on any atom is 0.123 e. The van der Waals surface area contributed by atoms with Crippen LogP contribution in [0.4, 0.5) is 11.5 Å². The van der Waals surface area contributed by atoms with Crippen LogP contribution in [0.2, 0.25) is 5.02 Å². The van der Waals surface area contributed by atoms with Gasteiger partial charge in [-0.2, -0.15) is 0 Å². The standard InChI is InChI=1S/C12H12ClN3/c13-10-3-1-2-9(6-10)7-15-11-4-5-12(14)16-8-11/h1-6,8,15H,7H2,(H2,14,16). The zero-order chi connectivity index (χ0) is 11.4. The number of nitrogens with two attached hydrogens (primary N) is 1. The summed E-state index contributed by atoms with van der Waals surface area (Å²) in [6.45, 7) is 0.714. The number of hydrogen-bond acceptors (Lipinski definition) is 3. The predicted molar refractivity (Wildman–Crippen MR) is 67.4 cm³/mol. The van der Waals surface area contributed by atoms with Crippen LogP contribution in [-0.2, 0) is 6.54 Å². The van der Waals surface area contributed by atoms with Crippen LogP contribution in [0.25, 0.3) is 0 Å². The van der Waals surface area contributed by atoms with Gasteiger partial charge in [0.15, 0.2) is 0 Å². The molecule has 0 aliphatic carbocycles. The Hall–Kier alpha value is -1.74. The van der Waals surface area contributed by atoms with E-state index >= 15 is 0 Å². The summed E-state index contributed by atoms with van der Waals surface area (Å²) in [4.78, 5) is 4.00. The zero-order valence-electron chi connectivity index (χ0n) is 8.65. The predicted octanol–water partition coefficient (Wildman–Crippen LogP) is 2.93. The first-order valence-corrected chi connectivity index (χ1v) is 5.32. The van der Waals surface area contributed by atoms with E-state index in [0.717, 1.165) is 16.3 Å². The van der Waals surface area contributed by atoms with Crippen molar-refractivity contribution in [1.29, 1.82) is 0 Å². The van der Waals surface area contributed by atoms with Gasteiger partial charge in [-0.1, -0.05) is 23.7 Å². The minimum Gasteiger partial charge on any atom is -0.384 e. The fraction of sp³-hybridized carbons (Fsp3) is 0.0833. The van der Waals surface area contributed by atoms with Gasteiger partial charge in [0.2, 0.25) is 0 Å². The van der Waals surface area contributed by atoms with Gasteiger partial charge in [-0.25, -0.2) is 4.98 Å². The smallest absolute Gasteiger partial charge is 0.123 e. The summed E-state index contributed by atoms with van der Waals surface area (Å²) < 4.78 is 0. The highest BCUT2D eigenvalue weighted by Gasteiger charge is 1.95. The molecule has 0 aliphatic rings. The van der Waals surface area contributed by atoms with Crippen LogP contribution in [0.5, 0.6) is 0 Å². The van der Waals surface area contributed by atoms with Gasteiger partial charge in [0, 0.05) is 11.6 Å².